The number of rotatable bonds is 6. The molecule has 0 aliphatic heterocycles. The van der Waals surface area contributed by atoms with E-state index in [1.54, 1.807) is 0 Å². The maximum absolute atomic E-state index is 4.49. The lowest BCUT2D eigenvalue weighted by molar-refractivity contribution is 0.400. The monoisotopic (exact) mass is 296 g/mol. The molecule has 1 N–H and O–H groups in total. The Balaban J connectivity index is 0. The van der Waals surface area contributed by atoms with Gasteiger partial charge < -0.3 is 10.2 Å². The fourth-order valence-electron chi connectivity index (χ4n) is 1.48. The van der Waals surface area contributed by atoms with Crippen molar-refractivity contribution < 1.29 is 0 Å². The van der Waals surface area contributed by atoms with Gasteiger partial charge in [0.25, 0.3) is 0 Å². The summed E-state index contributed by atoms with van der Waals surface area (Å²) in [6.07, 6.45) is 2.14. The number of nitrogens with one attached hydrogen (secondary N) is 1. The molecule has 0 aliphatic rings. The molecule has 0 bridgehead atoms. The SMILES string of the molecule is Cc1nn(C(C)C)cc1CNCCN(C)C.Cl.Cl. The molecule has 0 aromatic carbocycles. The topological polar surface area (TPSA) is 33.1 Å². The van der Waals surface area contributed by atoms with Crippen molar-refractivity contribution in [2.24, 2.45) is 0 Å². The van der Waals surface area contributed by atoms with Crippen LogP contribution in [0.4, 0.5) is 0 Å². The Bertz CT molecular complexity index is 324. The molecule has 0 unspecified atom stereocenters. The Morgan fingerprint density at radius 2 is 1.94 bits per heavy atom. The zero-order valence-corrected chi connectivity index (χ0v) is 13.6. The van der Waals surface area contributed by atoms with Gasteiger partial charge in [0.1, 0.15) is 0 Å². The molecule has 0 saturated carbocycles. The number of aromatic nitrogens is 2. The molecule has 0 saturated heterocycles. The third-order valence-corrected chi connectivity index (χ3v) is 2.60. The highest BCUT2D eigenvalue weighted by molar-refractivity contribution is 5.85. The molecule has 0 aliphatic carbocycles. The van der Waals surface area contributed by atoms with E-state index in [1.807, 2.05) is 4.68 Å². The van der Waals surface area contributed by atoms with Gasteiger partial charge in [0, 0.05) is 37.4 Å². The number of likely N-dealkylation sites (N-methyl/N-ethyl adjacent to an activating group) is 1. The summed E-state index contributed by atoms with van der Waals surface area (Å²) in [6, 6.07) is 0.439. The number of aryl methyl sites for hydroxylation is 1. The Morgan fingerprint density at radius 1 is 1.33 bits per heavy atom. The summed E-state index contributed by atoms with van der Waals surface area (Å²) in [4.78, 5) is 2.18. The van der Waals surface area contributed by atoms with Crippen LogP contribution in [0.25, 0.3) is 0 Å². The Morgan fingerprint density at radius 3 is 2.39 bits per heavy atom. The molecule has 4 nitrogen and oxygen atoms in total. The number of nitrogens with zero attached hydrogens (tertiary/aromatic N) is 3. The number of hydrogen-bond acceptors (Lipinski definition) is 3. The van der Waals surface area contributed by atoms with Crippen LogP contribution in [0.2, 0.25) is 0 Å². The summed E-state index contributed by atoms with van der Waals surface area (Å²) < 4.78 is 2.03. The van der Waals surface area contributed by atoms with Crippen LogP contribution < -0.4 is 5.32 Å². The highest BCUT2D eigenvalue weighted by Gasteiger charge is 2.06. The minimum Gasteiger partial charge on any atom is -0.311 e. The smallest absolute Gasteiger partial charge is 0.0638 e. The van der Waals surface area contributed by atoms with Gasteiger partial charge >= 0.3 is 0 Å². The molecule has 0 fully saturated rings. The second-order valence-electron chi connectivity index (χ2n) is 4.79. The maximum atomic E-state index is 4.49. The lowest BCUT2D eigenvalue weighted by atomic mass is 10.2. The first-order chi connectivity index (χ1) is 7.50. The van der Waals surface area contributed by atoms with Gasteiger partial charge in [-0.2, -0.15) is 5.10 Å². The van der Waals surface area contributed by atoms with E-state index in [1.165, 1.54) is 5.56 Å². The molecule has 0 spiro atoms. The van der Waals surface area contributed by atoms with E-state index in [-0.39, 0.29) is 24.8 Å². The molecular weight excluding hydrogens is 271 g/mol. The third-order valence-electron chi connectivity index (χ3n) is 2.60. The van der Waals surface area contributed by atoms with E-state index in [0.29, 0.717) is 6.04 Å². The molecule has 6 heteroatoms. The first-order valence-corrected chi connectivity index (χ1v) is 5.90. The van der Waals surface area contributed by atoms with Crippen molar-refractivity contribution in [3.63, 3.8) is 0 Å². The average Bonchev–Trinajstić information content (AvgIpc) is 2.55. The fourth-order valence-corrected chi connectivity index (χ4v) is 1.48. The highest BCUT2D eigenvalue weighted by Crippen LogP contribution is 2.09. The van der Waals surface area contributed by atoms with Crippen molar-refractivity contribution in [1.29, 1.82) is 0 Å². The first kappa shape index (κ1) is 20.0. The number of halogens is 2. The van der Waals surface area contributed by atoms with Crippen LogP contribution in [-0.4, -0.2) is 41.9 Å². The largest absolute Gasteiger partial charge is 0.311 e. The van der Waals surface area contributed by atoms with E-state index in [4.69, 9.17) is 0 Å². The summed E-state index contributed by atoms with van der Waals surface area (Å²) in [5, 5.41) is 7.92. The van der Waals surface area contributed by atoms with Crippen molar-refractivity contribution in [3.05, 3.63) is 17.5 Å². The molecule has 0 amide bonds. The first-order valence-electron chi connectivity index (χ1n) is 5.90. The summed E-state index contributed by atoms with van der Waals surface area (Å²) >= 11 is 0. The molecule has 1 aromatic rings. The molecule has 0 atom stereocenters. The normalized spacial score (nSPS) is 10.4. The molecule has 108 valence electrons. The minimum absolute atomic E-state index is 0. The van der Waals surface area contributed by atoms with Crippen molar-refractivity contribution in [1.82, 2.24) is 20.0 Å². The van der Waals surface area contributed by atoms with Crippen molar-refractivity contribution in [3.8, 4) is 0 Å². The van der Waals surface area contributed by atoms with E-state index >= 15 is 0 Å². The van der Waals surface area contributed by atoms with Gasteiger partial charge in [-0.05, 0) is 34.9 Å². The average molecular weight is 297 g/mol. The van der Waals surface area contributed by atoms with E-state index in [0.717, 1.165) is 25.3 Å². The summed E-state index contributed by atoms with van der Waals surface area (Å²) in [7, 11) is 4.17. The van der Waals surface area contributed by atoms with Gasteiger partial charge in [-0.15, -0.1) is 24.8 Å². The van der Waals surface area contributed by atoms with E-state index in [9.17, 15) is 0 Å². The van der Waals surface area contributed by atoms with Gasteiger partial charge in [-0.3, -0.25) is 4.68 Å². The summed E-state index contributed by atoms with van der Waals surface area (Å²) in [5.41, 5.74) is 2.43. The molecule has 1 aromatic heterocycles. The third kappa shape index (κ3) is 6.59. The molecular formula is C12H26Cl2N4. The predicted molar refractivity (Wildman–Crippen MR) is 82.1 cm³/mol. The summed E-state index contributed by atoms with van der Waals surface area (Å²) in [5.74, 6) is 0. The van der Waals surface area contributed by atoms with E-state index in [2.05, 4.69) is 56.4 Å². The second kappa shape index (κ2) is 9.62. The van der Waals surface area contributed by atoms with Gasteiger partial charge in [-0.1, -0.05) is 0 Å². The fraction of sp³-hybridized carbons (Fsp3) is 0.750. The zero-order valence-electron chi connectivity index (χ0n) is 11.9. The molecule has 1 heterocycles. The van der Waals surface area contributed by atoms with Gasteiger partial charge in [0.2, 0.25) is 0 Å². The summed E-state index contributed by atoms with van der Waals surface area (Å²) in [6.45, 7) is 9.36. The predicted octanol–water partition coefficient (Wildman–Crippen LogP) is 2.27. The lowest BCUT2D eigenvalue weighted by Gasteiger charge is -2.09. The Labute approximate surface area is 123 Å². The minimum atomic E-state index is 0. The van der Waals surface area contributed by atoms with Crippen LogP contribution in [0.5, 0.6) is 0 Å². The van der Waals surface area contributed by atoms with Crippen LogP contribution >= 0.6 is 24.8 Å². The zero-order chi connectivity index (χ0) is 12.1. The van der Waals surface area contributed by atoms with Gasteiger partial charge in [0.05, 0.1) is 5.69 Å². The van der Waals surface area contributed by atoms with Crippen molar-refractivity contribution >= 4 is 24.8 Å². The van der Waals surface area contributed by atoms with Gasteiger partial charge in [-0.25, -0.2) is 0 Å². The van der Waals surface area contributed by atoms with Crippen LogP contribution in [0.3, 0.4) is 0 Å². The Hall–Kier alpha value is -0.290. The van der Waals surface area contributed by atoms with Crippen LogP contribution in [-0.2, 0) is 6.54 Å². The van der Waals surface area contributed by atoms with Gasteiger partial charge in [0.15, 0.2) is 0 Å². The van der Waals surface area contributed by atoms with Crippen molar-refractivity contribution in [2.75, 3.05) is 27.2 Å². The Kier molecular flexibility index (Phi) is 10.7. The van der Waals surface area contributed by atoms with E-state index < -0.39 is 0 Å². The molecule has 0 radical (unpaired) electrons. The standard InChI is InChI=1S/C12H24N4.2ClH/c1-10(2)16-9-12(11(3)14-16)8-13-6-7-15(4)5;;/h9-10,13H,6-8H2,1-5H3;2*1H. The van der Waals surface area contributed by atoms with Crippen LogP contribution in [0.1, 0.15) is 31.1 Å². The van der Waals surface area contributed by atoms with Crippen molar-refractivity contribution in [2.45, 2.75) is 33.4 Å². The molecule has 1 rings (SSSR count). The quantitative estimate of drug-likeness (QED) is 0.818. The highest BCUT2D eigenvalue weighted by atomic mass is 35.5. The molecule has 18 heavy (non-hydrogen) atoms. The number of hydrogen-bond donors (Lipinski definition) is 1. The van der Waals surface area contributed by atoms with Crippen LogP contribution in [0.15, 0.2) is 6.20 Å². The lowest BCUT2D eigenvalue weighted by Crippen LogP contribution is -2.26. The second-order valence-corrected chi connectivity index (χ2v) is 4.79. The van der Waals surface area contributed by atoms with Crippen LogP contribution in [0, 0.1) is 6.92 Å². The maximum Gasteiger partial charge on any atom is 0.0638 e.